The third-order valence-electron chi connectivity index (χ3n) is 6.86. The van der Waals surface area contributed by atoms with Gasteiger partial charge in [0.1, 0.15) is 0 Å². The van der Waals surface area contributed by atoms with Gasteiger partial charge in [-0.05, 0) is 55.8 Å². The highest BCUT2D eigenvalue weighted by molar-refractivity contribution is 5.44. The van der Waals surface area contributed by atoms with E-state index in [1.165, 1.54) is 70.1 Å². The summed E-state index contributed by atoms with van der Waals surface area (Å²) in [5.41, 5.74) is 1.37. The van der Waals surface area contributed by atoms with Crippen LogP contribution in [0.5, 0.6) is 11.5 Å². The van der Waals surface area contributed by atoms with Crippen molar-refractivity contribution in [2.45, 2.75) is 63.6 Å². The average molecular weight is 342 g/mol. The Hall–Kier alpha value is -1.26. The summed E-state index contributed by atoms with van der Waals surface area (Å²) in [4.78, 5) is 5.59. The first kappa shape index (κ1) is 16.0. The lowest BCUT2D eigenvalue weighted by Crippen LogP contribution is -2.59. The van der Waals surface area contributed by atoms with Gasteiger partial charge >= 0.3 is 0 Å². The van der Waals surface area contributed by atoms with E-state index in [9.17, 15) is 0 Å². The molecule has 4 nitrogen and oxygen atoms in total. The topological polar surface area (TPSA) is 24.9 Å². The zero-order chi connectivity index (χ0) is 16.6. The molecule has 2 atom stereocenters. The standard InChI is InChI=1S/C21H30N2O2/c1-2-5-17(6-3-1)21-18-7-4-10-22(18)11-12-23(21)14-16-8-9-19-20(13-16)25-15-24-19/h8-9,13,17-18,21H,1-7,10-12,14-15H2/t18-,21+/m0/s1. The number of piperazine rings is 1. The van der Waals surface area contributed by atoms with Crippen LogP contribution in [0.15, 0.2) is 18.2 Å². The Morgan fingerprint density at radius 3 is 2.68 bits per heavy atom. The summed E-state index contributed by atoms with van der Waals surface area (Å²) < 4.78 is 11.1. The number of ether oxygens (including phenoxy) is 2. The minimum absolute atomic E-state index is 0.365. The third-order valence-corrected chi connectivity index (χ3v) is 6.86. The number of fused-ring (bicyclic) bond motifs is 2. The molecular formula is C21H30N2O2. The fraction of sp³-hybridized carbons (Fsp3) is 0.714. The number of benzene rings is 1. The minimum Gasteiger partial charge on any atom is -0.454 e. The molecule has 0 bridgehead atoms. The van der Waals surface area contributed by atoms with Crippen LogP contribution in [0.3, 0.4) is 0 Å². The van der Waals surface area contributed by atoms with Gasteiger partial charge < -0.3 is 9.47 Å². The van der Waals surface area contributed by atoms with Crippen molar-refractivity contribution in [3.63, 3.8) is 0 Å². The lowest BCUT2D eigenvalue weighted by Gasteiger charge is -2.49. The molecule has 1 aromatic rings. The smallest absolute Gasteiger partial charge is 0.231 e. The first-order valence-corrected chi connectivity index (χ1v) is 10.2. The molecule has 1 aliphatic carbocycles. The van der Waals surface area contributed by atoms with Crippen molar-refractivity contribution in [1.82, 2.24) is 9.80 Å². The zero-order valence-corrected chi connectivity index (χ0v) is 15.2. The van der Waals surface area contributed by atoms with Crippen LogP contribution in [0.2, 0.25) is 0 Å². The van der Waals surface area contributed by atoms with E-state index in [2.05, 4.69) is 28.0 Å². The van der Waals surface area contributed by atoms with Crippen LogP contribution < -0.4 is 9.47 Å². The zero-order valence-electron chi connectivity index (χ0n) is 15.2. The minimum atomic E-state index is 0.365. The fourth-order valence-corrected chi connectivity index (χ4v) is 5.71. The number of nitrogens with zero attached hydrogens (tertiary/aromatic N) is 2. The Balaban J connectivity index is 1.37. The third kappa shape index (κ3) is 3.04. The molecule has 0 N–H and O–H groups in total. The molecule has 1 aromatic carbocycles. The molecule has 5 rings (SSSR count). The van der Waals surface area contributed by atoms with Crippen molar-refractivity contribution >= 4 is 0 Å². The van der Waals surface area contributed by atoms with E-state index in [4.69, 9.17) is 9.47 Å². The van der Waals surface area contributed by atoms with Crippen LogP contribution in [-0.2, 0) is 6.54 Å². The number of hydrogen-bond donors (Lipinski definition) is 0. The largest absolute Gasteiger partial charge is 0.454 e. The normalized spacial score (nSPS) is 30.6. The van der Waals surface area contributed by atoms with Gasteiger partial charge in [-0.25, -0.2) is 0 Å². The number of rotatable bonds is 3. The van der Waals surface area contributed by atoms with Gasteiger partial charge in [0, 0.05) is 31.7 Å². The molecule has 0 amide bonds. The Kier molecular flexibility index (Phi) is 4.34. The van der Waals surface area contributed by atoms with Crippen LogP contribution in [0, 0.1) is 5.92 Å². The Bertz CT molecular complexity index is 614. The summed E-state index contributed by atoms with van der Waals surface area (Å²) >= 11 is 0. The van der Waals surface area contributed by atoms with Crippen molar-refractivity contribution in [2.75, 3.05) is 26.4 Å². The van der Waals surface area contributed by atoms with E-state index in [1.54, 1.807) is 0 Å². The van der Waals surface area contributed by atoms with Crippen LogP contribution >= 0.6 is 0 Å². The maximum Gasteiger partial charge on any atom is 0.231 e. The quantitative estimate of drug-likeness (QED) is 0.837. The lowest BCUT2D eigenvalue weighted by atomic mass is 9.78. The highest BCUT2D eigenvalue weighted by atomic mass is 16.7. The average Bonchev–Trinajstić information content (AvgIpc) is 3.30. The molecule has 4 heteroatoms. The maximum atomic E-state index is 5.59. The molecule has 2 saturated heterocycles. The summed E-state index contributed by atoms with van der Waals surface area (Å²) in [6.45, 7) is 5.21. The molecule has 3 heterocycles. The molecule has 0 spiro atoms. The second-order valence-electron chi connectivity index (χ2n) is 8.29. The molecule has 1 saturated carbocycles. The van der Waals surface area contributed by atoms with Gasteiger partial charge in [0.05, 0.1) is 0 Å². The summed E-state index contributed by atoms with van der Waals surface area (Å²) in [5.74, 6) is 2.72. The summed E-state index contributed by atoms with van der Waals surface area (Å²) in [6, 6.07) is 8.06. The molecule has 3 aliphatic heterocycles. The Labute approximate surface area is 151 Å². The molecule has 136 valence electrons. The van der Waals surface area contributed by atoms with Gasteiger partial charge in [-0.1, -0.05) is 25.3 Å². The predicted molar refractivity (Wildman–Crippen MR) is 97.9 cm³/mol. The highest BCUT2D eigenvalue weighted by Gasteiger charge is 2.42. The van der Waals surface area contributed by atoms with E-state index in [0.29, 0.717) is 6.79 Å². The van der Waals surface area contributed by atoms with Gasteiger partial charge in [-0.15, -0.1) is 0 Å². The molecule has 3 fully saturated rings. The molecular weight excluding hydrogens is 312 g/mol. The molecule has 0 unspecified atom stereocenters. The summed E-state index contributed by atoms with van der Waals surface area (Å²) in [6.07, 6.45) is 9.99. The van der Waals surface area contributed by atoms with E-state index in [0.717, 1.165) is 36.0 Å². The van der Waals surface area contributed by atoms with Crippen molar-refractivity contribution in [3.05, 3.63) is 23.8 Å². The first-order chi connectivity index (χ1) is 12.4. The van der Waals surface area contributed by atoms with Gasteiger partial charge in [0.25, 0.3) is 0 Å². The first-order valence-electron chi connectivity index (χ1n) is 10.2. The van der Waals surface area contributed by atoms with Crippen molar-refractivity contribution in [3.8, 4) is 11.5 Å². The van der Waals surface area contributed by atoms with Crippen molar-refractivity contribution in [1.29, 1.82) is 0 Å². The molecule has 0 aromatic heterocycles. The van der Waals surface area contributed by atoms with Crippen molar-refractivity contribution in [2.24, 2.45) is 5.92 Å². The maximum absolute atomic E-state index is 5.59. The summed E-state index contributed by atoms with van der Waals surface area (Å²) in [5, 5.41) is 0. The molecule has 0 radical (unpaired) electrons. The molecule has 25 heavy (non-hydrogen) atoms. The van der Waals surface area contributed by atoms with Gasteiger partial charge in [0.15, 0.2) is 11.5 Å². The van der Waals surface area contributed by atoms with Gasteiger partial charge in [-0.3, -0.25) is 9.80 Å². The van der Waals surface area contributed by atoms with Crippen LogP contribution in [0.4, 0.5) is 0 Å². The molecule has 4 aliphatic rings. The second-order valence-corrected chi connectivity index (χ2v) is 8.29. The Morgan fingerprint density at radius 2 is 1.76 bits per heavy atom. The monoisotopic (exact) mass is 342 g/mol. The van der Waals surface area contributed by atoms with Crippen LogP contribution in [0.25, 0.3) is 0 Å². The predicted octanol–water partition coefficient (Wildman–Crippen LogP) is 3.64. The lowest BCUT2D eigenvalue weighted by molar-refractivity contribution is -0.00381. The second kappa shape index (κ2) is 6.81. The van der Waals surface area contributed by atoms with E-state index < -0.39 is 0 Å². The van der Waals surface area contributed by atoms with E-state index >= 15 is 0 Å². The number of hydrogen-bond acceptors (Lipinski definition) is 4. The SMILES string of the molecule is c1cc2c(cc1CN1CCN3CCC[C@H]3[C@H]1C1CCCCC1)OCO2. The van der Waals surface area contributed by atoms with Crippen molar-refractivity contribution < 1.29 is 9.47 Å². The van der Waals surface area contributed by atoms with Crippen LogP contribution in [-0.4, -0.2) is 48.3 Å². The van der Waals surface area contributed by atoms with Gasteiger partial charge in [-0.2, -0.15) is 0 Å². The van der Waals surface area contributed by atoms with E-state index in [1.807, 2.05) is 0 Å². The van der Waals surface area contributed by atoms with Gasteiger partial charge in [0.2, 0.25) is 6.79 Å². The van der Waals surface area contributed by atoms with E-state index in [-0.39, 0.29) is 0 Å². The van der Waals surface area contributed by atoms with Crippen LogP contribution in [0.1, 0.15) is 50.5 Å². The highest BCUT2D eigenvalue weighted by Crippen LogP contribution is 2.39. The fourth-order valence-electron chi connectivity index (χ4n) is 5.71. The summed E-state index contributed by atoms with van der Waals surface area (Å²) in [7, 11) is 0. The Morgan fingerprint density at radius 1 is 0.880 bits per heavy atom.